The fourth-order valence-electron chi connectivity index (χ4n) is 3.05. The minimum atomic E-state index is 0.744. The lowest BCUT2D eigenvalue weighted by Crippen LogP contribution is -1.86. The molecule has 26 heavy (non-hydrogen) atoms. The maximum absolute atomic E-state index is 4.81. The Morgan fingerprint density at radius 1 is 0.808 bits per heavy atom. The lowest BCUT2D eigenvalue weighted by atomic mass is 10.0. The molecular formula is C22H20N4. The summed E-state index contributed by atoms with van der Waals surface area (Å²) in [4.78, 5) is 4.81. The van der Waals surface area contributed by atoms with Crippen molar-refractivity contribution in [2.24, 2.45) is 10.2 Å². The van der Waals surface area contributed by atoms with E-state index in [1.165, 1.54) is 16.7 Å². The summed E-state index contributed by atoms with van der Waals surface area (Å²) in [5.41, 5.74) is 7.24. The van der Waals surface area contributed by atoms with E-state index >= 15 is 0 Å². The topological polar surface area (TPSA) is 42.0 Å². The van der Waals surface area contributed by atoms with Crippen LogP contribution in [0.2, 0.25) is 0 Å². The van der Waals surface area contributed by atoms with Gasteiger partial charge in [-0.15, -0.1) is 10.2 Å². The van der Waals surface area contributed by atoms with Crippen LogP contribution in [0.5, 0.6) is 0 Å². The summed E-state index contributed by atoms with van der Waals surface area (Å²) in [5, 5.41) is 9.00. The van der Waals surface area contributed by atoms with Crippen molar-refractivity contribution >= 4 is 17.2 Å². The number of azo groups is 1. The average Bonchev–Trinajstić information content (AvgIpc) is 2.99. The number of aromatic nitrogens is 2. The quantitative estimate of drug-likeness (QED) is 0.401. The summed E-state index contributed by atoms with van der Waals surface area (Å²) in [6, 6.07) is 20.3. The fourth-order valence-corrected chi connectivity index (χ4v) is 3.05. The first-order chi connectivity index (χ1) is 12.6. The van der Waals surface area contributed by atoms with Crippen molar-refractivity contribution in [2.75, 3.05) is 0 Å². The van der Waals surface area contributed by atoms with Crippen molar-refractivity contribution < 1.29 is 0 Å². The van der Waals surface area contributed by atoms with Crippen molar-refractivity contribution in [1.82, 2.24) is 9.38 Å². The molecule has 0 aliphatic carbocycles. The van der Waals surface area contributed by atoms with Gasteiger partial charge in [0.2, 0.25) is 0 Å². The summed E-state index contributed by atoms with van der Waals surface area (Å²) in [6.45, 7) is 6.26. The maximum atomic E-state index is 4.81. The largest absolute Gasteiger partial charge is 0.283 e. The first-order valence-corrected chi connectivity index (χ1v) is 8.65. The second-order valence-electron chi connectivity index (χ2n) is 6.57. The number of benzene rings is 2. The summed E-state index contributed by atoms with van der Waals surface area (Å²) >= 11 is 0. The highest BCUT2D eigenvalue weighted by molar-refractivity contribution is 5.76. The van der Waals surface area contributed by atoms with Crippen LogP contribution >= 0.6 is 0 Å². The zero-order valence-corrected chi connectivity index (χ0v) is 15.1. The average molecular weight is 340 g/mol. The van der Waals surface area contributed by atoms with Crippen molar-refractivity contribution in [1.29, 1.82) is 0 Å². The lowest BCUT2D eigenvalue weighted by Gasteiger charge is -2.05. The Hall–Kier alpha value is -3.27. The highest BCUT2D eigenvalue weighted by atomic mass is 15.2. The molecule has 4 aromatic rings. The Kier molecular flexibility index (Phi) is 4.09. The lowest BCUT2D eigenvalue weighted by molar-refractivity contribution is 1.10. The molecule has 0 aliphatic rings. The molecule has 0 amide bonds. The Bertz CT molecular complexity index is 1100. The van der Waals surface area contributed by atoms with Crippen LogP contribution in [-0.2, 0) is 0 Å². The summed E-state index contributed by atoms with van der Waals surface area (Å²) < 4.78 is 1.98. The van der Waals surface area contributed by atoms with Crippen LogP contribution in [0.15, 0.2) is 77.1 Å². The maximum Gasteiger partial charge on any atom is 0.187 e. The van der Waals surface area contributed by atoms with Crippen molar-refractivity contribution in [2.45, 2.75) is 20.8 Å². The van der Waals surface area contributed by atoms with Crippen molar-refractivity contribution in [3.8, 4) is 11.3 Å². The Labute approximate surface area is 152 Å². The number of imidazole rings is 1. The van der Waals surface area contributed by atoms with Gasteiger partial charge in [-0.25, -0.2) is 4.98 Å². The van der Waals surface area contributed by atoms with E-state index in [1.54, 1.807) is 0 Å². The molecule has 4 nitrogen and oxygen atoms in total. The number of aryl methyl sites for hydroxylation is 3. The third-order valence-electron chi connectivity index (χ3n) is 4.44. The molecule has 2 aromatic heterocycles. The number of hydrogen-bond donors (Lipinski definition) is 0. The van der Waals surface area contributed by atoms with Gasteiger partial charge in [0.25, 0.3) is 0 Å². The minimum Gasteiger partial charge on any atom is -0.283 e. The van der Waals surface area contributed by atoms with Gasteiger partial charge in [-0.05, 0) is 50.6 Å². The van der Waals surface area contributed by atoms with Crippen molar-refractivity contribution in [3.63, 3.8) is 0 Å². The Balaban J connectivity index is 1.88. The smallest absolute Gasteiger partial charge is 0.187 e. The predicted octanol–water partition coefficient (Wildman–Crippen LogP) is 6.34. The SMILES string of the molecule is Cc1ccc(N=Nc2c(-c3ccc(C)cc3C)nc3ccccn23)cc1. The highest BCUT2D eigenvalue weighted by Gasteiger charge is 2.15. The molecule has 128 valence electrons. The molecule has 0 saturated carbocycles. The Morgan fingerprint density at radius 2 is 1.58 bits per heavy atom. The van der Waals surface area contributed by atoms with E-state index in [9.17, 15) is 0 Å². The number of pyridine rings is 1. The third kappa shape index (κ3) is 3.02. The van der Waals surface area contributed by atoms with Crippen LogP contribution in [0, 0.1) is 20.8 Å². The first-order valence-electron chi connectivity index (χ1n) is 8.65. The number of hydrogen-bond acceptors (Lipinski definition) is 3. The molecule has 0 aliphatic heterocycles. The predicted molar refractivity (Wildman–Crippen MR) is 105 cm³/mol. The summed E-state index contributed by atoms with van der Waals surface area (Å²) in [7, 11) is 0. The van der Waals surface area contributed by atoms with Crippen LogP contribution in [0.3, 0.4) is 0 Å². The summed E-state index contributed by atoms with van der Waals surface area (Å²) in [6.07, 6.45) is 1.97. The van der Waals surface area contributed by atoms with Gasteiger partial charge in [0.15, 0.2) is 5.82 Å². The molecule has 4 heteroatoms. The molecular weight excluding hydrogens is 320 g/mol. The molecule has 4 rings (SSSR count). The molecule has 0 spiro atoms. The van der Waals surface area contributed by atoms with Crippen LogP contribution in [0.4, 0.5) is 11.5 Å². The summed E-state index contributed by atoms with van der Waals surface area (Å²) in [5.74, 6) is 0.744. The Morgan fingerprint density at radius 3 is 2.35 bits per heavy atom. The molecule has 0 N–H and O–H groups in total. The first kappa shape index (κ1) is 16.2. The van der Waals surface area contributed by atoms with Gasteiger partial charge in [0.05, 0.1) is 5.69 Å². The molecule has 0 radical (unpaired) electrons. The van der Waals surface area contributed by atoms with Crippen LogP contribution in [0.25, 0.3) is 16.9 Å². The van der Waals surface area contributed by atoms with Gasteiger partial charge in [-0.2, -0.15) is 0 Å². The zero-order chi connectivity index (χ0) is 18.1. The minimum absolute atomic E-state index is 0.744. The zero-order valence-electron chi connectivity index (χ0n) is 15.1. The number of rotatable bonds is 3. The molecule has 2 heterocycles. The van der Waals surface area contributed by atoms with E-state index in [1.807, 2.05) is 53.1 Å². The van der Waals surface area contributed by atoms with Gasteiger partial charge in [-0.1, -0.05) is 47.5 Å². The molecule has 0 saturated heterocycles. The second-order valence-corrected chi connectivity index (χ2v) is 6.57. The van der Waals surface area contributed by atoms with E-state index < -0.39 is 0 Å². The van der Waals surface area contributed by atoms with E-state index in [4.69, 9.17) is 4.98 Å². The molecule has 0 atom stereocenters. The standard InChI is InChI=1S/C22H20N4/c1-15-7-10-18(11-8-15)24-25-22-21(19-12-9-16(2)14-17(19)3)23-20-6-4-5-13-26(20)22/h4-14H,1-3H3. The van der Waals surface area contributed by atoms with Crippen LogP contribution < -0.4 is 0 Å². The van der Waals surface area contributed by atoms with Crippen LogP contribution in [-0.4, -0.2) is 9.38 Å². The van der Waals surface area contributed by atoms with Gasteiger partial charge in [0, 0.05) is 11.8 Å². The van der Waals surface area contributed by atoms with Gasteiger partial charge < -0.3 is 0 Å². The monoisotopic (exact) mass is 340 g/mol. The van der Waals surface area contributed by atoms with E-state index in [-0.39, 0.29) is 0 Å². The third-order valence-corrected chi connectivity index (χ3v) is 4.44. The molecule has 0 bridgehead atoms. The van der Waals surface area contributed by atoms with Gasteiger partial charge in [-0.3, -0.25) is 4.40 Å². The van der Waals surface area contributed by atoms with Crippen LogP contribution in [0.1, 0.15) is 16.7 Å². The van der Waals surface area contributed by atoms with E-state index in [2.05, 4.69) is 49.2 Å². The van der Waals surface area contributed by atoms with E-state index in [0.717, 1.165) is 28.4 Å². The van der Waals surface area contributed by atoms with Gasteiger partial charge >= 0.3 is 0 Å². The number of nitrogens with zero attached hydrogens (tertiary/aromatic N) is 4. The highest BCUT2D eigenvalue weighted by Crippen LogP contribution is 2.34. The second kappa shape index (κ2) is 6.56. The number of fused-ring (bicyclic) bond motifs is 1. The van der Waals surface area contributed by atoms with E-state index in [0.29, 0.717) is 0 Å². The van der Waals surface area contributed by atoms with Gasteiger partial charge in [0.1, 0.15) is 11.3 Å². The molecule has 0 unspecified atom stereocenters. The van der Waals surface area contributed by atoms with Crippen molar-refractivity contribution in [3.05, 3.63) is 83.6 Å². The molecule has 0 fully saturated rings. The normalized spacial score (nSPS) is 11.5. The molecule has 2 aromatic carbocycles. The fraction of sp³-hybridized carbons (Fsp3) is 0.136.